The zero-order chi connectivity index (χ0) is 24.1. The Hall–Kier alpha value is -3.43. The number of pyridine rings is 1. The van der Waals surface area contributed by atoms with Crippen molar-refractivity contribution in [2.24, 2.45) is 0 Å². The molecule has 1 N–H and O–H groups in total. The van der Waals surface area contributed by atoms with E-state index >= 15 is 0 Å². The molecule has 2 aromatic carbocycles. The summed E-state index contributed by atoms with van der Waals surface area (Å²) in [5.74, 6) is 0.229. The van der Waals surface area contributed by atoms with Crippen LogP contribution in [0.3, 0.4) is 0 Å². The van der Waals surface area contributed by atoms with E-state index in [1.165, 1.54) is 20.2 Å². The van der Waals surface area contributed by atoms with E-state index in [1.54, 1.807) is 42.7 Å². The third-order valence-electron chi connectivity index (χ3n) is 5.66. The Bertz CT molecular complexity index is 1260. The van der Waals surface area contributed by atoms with Gasteiger partial charge in [-0.05, 0) is 49.2 Å². The lowest BCUT2D eigenvalue weighted by atomic mass is 10.1. The Labute approximate surface area is 200 Å². The fourth-order valence-electron chi connectivity index (χ4n) is 3.81. The third-order valence-corrected chi connectivity index (χ3v) is 7.47. The largest absolute Gasteiger partial charge is 0.489 e. The molecule has 178 valence electrons. The summed E-state index contributed by atoms with van der Waals surface area (Å²) in [4.78, 5) is 19.6. The molecule has 3 aromatic rings. The van der Waals surface area contributed by atoms with E-state index in [-0.39, 0.29) is 10.8 Å². The molecule has 1 aliphatic heterocycles. The number of carbonyl (C=O) groups excluding carboxylic acids is 1. The van der Waals surface area contributed by atoms with E-state index in [2.05, 4.69) is 15.2 Å². The number of anilines is 2. The quantitative estimate of drug-likeness (QED) is 0.528. The number of amides is 1. The molecular weight excluding hydrogens is 452 g/mol. The van der Waals surface area contributed by atoms with Crippen molar-refractivity contribution in [3.63, 3.8) is 0 Å². The van der Waals surface area contributed by atoms with Gasteiger partial charge in [0.2, 0.25) is 10.0 Å². The fraction of sp³-hybridized carbons (Fsp3) is 0.280. The van der Waals surface area contributed by atoms with E-state index in [4.69, 9.17) is 4.74 Å². The average molecular weight is 481 g/mol. The van der Waals surface area contributed by atoms with Gasteiger partial charge < -0.3 is 15.0 Å². The number of rotatable bonds is 8. The van der Waals surface area contributed by atoms with Crippen molar-refractivity contribution in [1.82, 2.24) is 9.29 Å². The number of sulfonamides is 1. The van der Waals surface area contributed by atoms with Gasteiger partial charge in [0.1, 0.15) is 12.4 Å². The van der Waals surface area contributed by atoms with Crippen LogP contribution in [0.1, 0.15) is 28.8 Å². The molecule has 34 heavy (non-hydrogen) atoms. The lowest BCUT2D eigenvalue weighted by molar-refractivity contribution is 0.102. The monoisotopic (exact) mass is 480 g/mol. The lowest BCUT2D eigenvalue weighted by Crippen LogP contribution is -2.25. The van der Waals surface area contributed by atoms with Gasteiger partial charge in [-0.15, -0.1) is 0 Å². The number of nitrogens with zero attached hydrogens (tertiary/aromatic N) is 3. The number of carbonyl (C=O) groups is 1. The standard InChI is InChI=1S/C25H28N4O4S/c1-28(2)34(31,32)22-10-11-24(29-13-3-4-14-29)23(16-22)25(30)27-20-8-5-9-21(15-20)33-18-19-7-6-12-26-17-19/h5-12,15-17H,3-4,13-14,18H2,1-2H3,(H,27,30). The van der Waals surface area contributed by atoms with Crippen molar-refractivity contribution >= 4 is 27.3 Å². The Balaban J connectivity index is 1.58. The highest BCUT2D eigenvalue weighted by molar-refractivity contribution is 7.89. The van der Waals surface area contributed by atoms with Crippen molar-refractivity contribution < 1.29 is 17.9 Å². The number of aromatic nitrogens is 1. The molecule has 0 atom stereocenters. The Morgan fingerprint density at radius 2 is 1.88 bits per heavy atom. The normalized spacial score (nSPS) is 13.8. The molecule has 1 aromatic heterocycles. The maximum absolute atomic E-state index is 13.3. The molecule has 0 unspecified atom stereocenters. The second kappa shape index (κ2) is 10.2. The zero-order valence-electron chi connectivity index (χ0n) is 19.3. The molecule has 0 bridgehead atoms. The van der Waals surface area contributed by atoms with Gasteiger partial charge in [-0.3, -0.25) is 9.78 Å². The summed E-state index contributed by atoms with van der Waals surface area (Å²) in [6.07, 6.45) is 5.51. The summed E-state index contributed by atoms with van der Waals surface area (Å²) >= 11 is 0. The van der Waals surface area contributed by atoms with Crippen LogP contribution < -0.4 is 15.0 Å². The molecule has 0 radical (unpaired) electrons. The first-order valence-corrected chi connectivity index (χ1v) is 12.5. The van der Waals surface area contributed by atoms with Crippen LogP contribution >= 0.6 is 0 Å². The summed E-state index contributed by atoms with van der Waals surface area (Å²) in [6, 6.07) is 15.6. The Morgan fingerprint density at radius 3 is 2.59 bits per heavy atom. The molecular formula is C25H28N4O4S. The summed E-state index contributed by atoms with van der Waals surface area (Å²) in [5.41, 5.74) is 2.55. The van der Waals surface area contributed by atoms with Crippen LogP contribution in [0.2, 0.25) is 0 Å². The minimum absolute atomic E-state index is 0.0825. The molecule has 1 aliphatic rings. The Morgan fingerprint density at radius 1 is 1.09 bits per heavy atom. The second-order valence-electron chi connectivity index (χ2n) is 8.29. The van der Waals surface area contributed by atoms with Gasteiger partial charge in [0.25, 0.3) is 5.91 Å². The number of benzene rings is 2. The number of nitrogens with one attached hydrogen (secondary N) is 1. The molecule has 0 saturated carbocycles. The molecule has 4 rings (SSSR count). The van der Waals surface area contributed by atoms with Crippen LogP contribution in [0.25, 0.3) is 0 Å². The topological polar surface area (TPSA) is 91.8 Å². The maximum atomic E-state index is 13.3. The minimum Gasteiger partial charge on any atom is -0.489 e. The van der Waals surface area contributed by atoms with Crippen LogP contribution in [0, 0.1) is 0 Å². The van der Waals surface area contributed by atoms with Gasteiger partial charge in [-0.1, -0.05) is 12.1 Å². The summed E-state index contributed by atoms with van der Waals surface area (Å²) in [7, 11) is -0.731. The first-order chi connectivity index (χ1) is 16.3. The van der Waals surface area contributed by atoms with Crippen molar-refractivity contribution in [1.29, 1.82) is 0 Å². The average Bonchev–Trinajstić information content (AvgIpc) is 3.38. The van der Waals surface area contributed by atoms with E-state index in [9.17, 15) is 13.2 Å². The van der Waals surface area contributed by atoms with E-state index < -0.39 is 10.0 Å². The molecule has 9 heteroatoms. The maximum Gasteiger partial charge on any atom is 0.257 e. The highest BCUT2D eigenvalue weighted by Crippen LogP contribution is 2.29. The van der Waals surface area contributed by atoms with Crippen molar-refractivity contribution in [3.8, 4) is 5.75 Å². The van der Waals surface area contributed by atoms with Gasteiger partial charge in [-0.2, -0.15) is 0 Å². The van der Waals surface area contributed by atoms with Crippen LogP contribution in [0.5, 0.6) is 5.75 Å². The van der Waals surface area contributed by atoms with E-state index in [0.29, 0.717) is 23.6 Å². The number of hydrogen-bond donors (Lipinski definition) is 1. The predicted molar refractivity (Wildman–Crippen MR) is 132 cm³/mol. The van der Waals surface area contributed by atoms with Crippen LogP contribution in [0.4, 0.5) is 11.4 Å². The summed E-state index contributed by atoms with van der Waals surface area (Å²) < 4.78 is 32.4. The van der Waals surface area contributed by atoms with E-state index in [1.807, 2.05) is 18.2 Å². The zero-order valence-corrected chi connectivity index (χ0v) is 20.1. The predicted octanol–water partition coefficient (Wildman–Crippen LogP) is 3.76. The number of ether oxygens (including phenoxy) is 1. The smallest absolute Gasteiger partial charge is 0.257 e. The van der Waals surface area contributed by atoms with Crippen LogP contribution in [-0.4, -0.2) is 50.8 Å². The van der Waals surface area contributed by atoms with Crippen LogP contribution in [-0.2, 0) is 16.6 Å². The first-order valence-electron chi connectivity index (χ1n) is 11.1. The molecule has 1 saturated heterocycles. The van der Waals surface area contributed by atoms with Gasteiger partial charge >= 0.3 is 0 Å². The third kappa shape index (κ3) is 5.37. The molecule has 0 aliphatic carbocycles. The second-order valence-corrected chi connectivity index (χ2v) is 10.4. The van der Waals surface area contributed by atoms with Crippen molar-refractivity contribution in [2.75, 3.05) is 37.4 Å². The van der Waals surface area contributed by atoms with Crippen LogP contribution in [0.15, 0.2) is 71.9 Å². The van der Waals surface area contributed by atoms with Crippen molar-refractivity contribution in [3.05, 3.63) is 78.1 Å². The van der Waals surface area contributed by atoms with E-state index in [0.717, 1.165) is 41.5 Å². The van der Waals surface area contributed by atoms with Crippen molar-refractivity contribution in [2.45, 2.75) is 24.3 Å². The highest BCUT2D eigenvalue weighted by Gasteiger charge is 2.24. The molecule has 0 spiro atoms. The molecule has 1 amide bonds. The lowest BCUT2D eigenvalue weighted by Gasteiger charge is -2.22. The van der Waals surface area contributed by atoms with Gasteiger partial charge in [0.15, 0.2) is 0 Å². The van der Waals surface area contributed by atoms with Gasteiger partial charge in [-0.25, -0.2) is 12.7 Å². The fourth-order valence-corrected chi connectivity index (χ4v) is 4.74. The summed E-state index contributed by atoms with van der Waals surface area (Å²) in [5, 5.41) is 2.90. The van der Waals surface area contributed by atoms with Gasteiger partial charge in [0, 0.05) is 62.6 Å². The van der Waals surface area contributed by atoms with Gasteiger partial charge in [0.05, 0.1) is 10.5 Å². The molecule has 8 nitrogen and oxygen atoms in total. The Kier molecular flexibility index (Phi) is 7.14. The number of hydrogen-bond acceptors (Lipinski definition) is 6. The first kappa shape index (κ1) is 23.7. The molecule has 1 fully saturated rings. The highest BCUT2D eigenvalue weighted by atomic mass is 32.2. The minimum atomic E-state index is -3.68. The SMILES string of the molecule is CN(C)S(=O)(=O)c1ccc(N2CCCC2)c(C(=O)Nc2cccc(OCc3cccnc3)c2)c1. The summed E-state index contributed by atoms with van der Waals surface area (Å²) in [6.45, 7) is 2.02. The molecule has 2 heterocycles.